The first-order valence-corrected chi connectivity index (χ1v) is 5.04. The van der Waals surface area contributed by atoms with Crippen molar-refractivity contribution in [1.82, 2.24) is 10.3 Å². The Kier molecular flexibility index (Phi) is 3.11. The number of anilines is 1. The van der Waals surface area contributed by atoms with Crippen LogP contribution in [-0.2, 0) is 0 Å². The number of nitrogens with zero attached hydrogens (tertiary/aromatic N) is 2. The molecule has 1 saturated heterocycles. The van der Waals surface area contributed by atoms with Crippen LogP contribution >= 0.6 is 0 Å². The molecule has 0 saturated carbocycles. The van der Waals surface area contributed by atoms with Crippen LogP contribution in [-0.4, -0.2) is 31.2 Å². The number of rotatable bonds is 1. The molecule has 5 heteroatoms. The third-order valence-corrected chi connectivity index (χ3v) is 2.43. The number of halogens is 2. The maximum Gasteiger partial charge on any atom is 0.168 e. The first-order valence-electron chi connectivity index (χ1n) is 5.04. The molecular formula is C10H13F2N3. The van der Waals surface area contributed by atoms with Crippen molar-refractivity contribution in [2.45, 2.75) is 6.42 Å². The first kappa shape index (κ1) is 10.3. The number of aromatic nitrogens is 1. The Labute approximate surface area is 87.1 Å². The smallest absolute Gasteiger partial charge is 0.168 e. The molecule has 1 aliphatic rings. The summed E-state index contributed by atoms with van der Waals surface area (Å²) in [6.07, 6.45) is 2.00. The predicted octanol–water partition coefficient (Wildman–Crippen LogP) is 1.16. The van der Waals surface area contributed by atoms with E-state index in [0.29, 0.717) is 6.54 Å². The molecule has 1 aliphatic heterocycles. The number of nitrogens with one attached hydrogen (secondary N) is 1. The summed E-state index contributed by atoms with van der Waals surface area (Å²) in [4.78, 5) is 5.63. The van der Waals surface area contributed by atoms with E-state index in [4.69, 9.17) is 0 Å². The van der Waals surface area contributed by atoms with Crippen LogP contribution in [0.1, 0.15) is 6.42 Å². The van der Waals surface area contributed by atoms with Gasteiger partial charge >= 0.3 is 0 Å². The molecule has 0 atom stereocenters. The Balaban J connectivity index is 2.19. The molecule has 15 heavy (non-hydrogen) atoms. The van der Waals surface area contributed by atoms with Crippen molar-refractivity contribution in [2.75, 3.05) is 31.1 Å². The SMILES string of the molecule is Fc1cnc(N2CCCNCC2)c(F)c1. The number of hydrogen-bond donors (Lipinski definition) is 1. The van der Waals surface area contributed by atoms with E-state index in [2.05, 4.69) is 10.3 Å². The van der Waals surface area contributed by atoms with Gasteiger partial charge in [0.1, 0.15) is 5.82 Å². The average Bonchev–Trinajstić information content (AvgIpc) is 2.46. The molecule has 0 spiro atoms. The van der Waals surface area contributed by atoms with E-state index in [1.807, 2.05) is 4.90 Å². The fraction of sp³-hybridized carbons (Fsp3) is 0.500. The molecule has 0 radical (unpaired) electrons. The second kappa shape index (κ2) is 4.53. The summed E-state index contributed by atoms with van der Waals surface area (Å²) in [6.45, 7) is 3.19. The number of hydrogen-bond acceptors (Lipinski definition) is 3. The molecule has 2 heterocycles. The zero-order valence-electron chi connectivity index (χ0n) is 8.34. The summed E-state index contributed by atoms with van der Waals surface area (Å²) in [7, 11) is 0. The fourth-order valence-corrected chi connectivity index (χ4v) is 1.70. The average molecular weight is 213 g/mol. The molecule has 0 unspecified atom stereocenters. The van der Waals surface area contributed by atoms with Gasteiger partial charge in [-0.3, -0.25) is 0 Å². The minimum atomic E-state index is -0.635. The van der Waals surface area contributed by atoms with Crippen molar-refractivity contribution in [3.63, 3.8) is 0 Å². The van der Waals surface area contributed by atoms with Crippen LogP contribution < -0.4 is 10.2 Å². The molecule has 0 amide bonds. The lowest BCUT2D eigenvalue weighted by molar-refractivity contribution is 0.567. The fourth-order valence-electron chi connectivity index (χ4n) is 1.70. The van der Waals surface area contributed by atoms with Crippen LogP contribution in [0.3, 0.4) is 0 Å². The normalized spacial score (nSPS) is 17.6. The lowest BCUT2D eigenvalue weighted by atomic mass is 10.3. The highest BCUT2D eigenvalue weighted by Crippen LogP contribution is 2.17. The molecule has 2 rings (SSSR count). The minimum absolute atomic E-state index is 0.250. The highest BCUT2D eigenvalue weighted by Gasteiger charge is 2.15. The van der Waals surface area contributed by atoms with Gasteiger partial charge in [-0.25, -0.2) is 13.8 Å². The first-order chi connectivity index (χ1) is 7.27. The van der Waals surface area contributed by atoms with Gasteiger partial charge in [-0.05, 0) is 13.0 Å². The molecule has 0 aromatic carbocycles. The van der Waals surface area contributed by atoms with Gasteiger partial charge in [0.25, 0.3) is 0 Å². The standard InChI is InChI=1S/C10H13F2N3/c11-8-6-9(12)10(14-7-8)15-4-1-2-13-3-5-15/h6-7,13H,1-5H2. The maximum absolute atomic E-state index is 13.4. The van der Waals surface area contributed by atoms with Crippen molar-refractivity contribution in [1.29, 1.82) is 0 Å². The molecular weight excluding hydrogens is 200 g/mol. The van der Waals surface area contributed by atoms with Crippen LogP contribution in [0, 0.1) is 11.6 Å². The van der Waals surface area contributed by atoms with Crippen molar-refractivity contribution < 1.29 is 8.78 Å². The second-order valence-electron chi connectivity index (χ2n) is 3.55. The van der Waals surface area contributed by atoms with E-state index in [-0.39, 0.29) is 5.82 Å². The van der Waals surface area contributed by atoms with Crippen molar-refractivity contribution in [3.8, 4) is 0 Å². The molecule has 3 nitrogen and oxygen atoms in total. The van der Waals surface area contributed by atoms with Crippen molar-refractivity contribution in [3.05, 3.63) is 23.9 Å². The van der Waals surface area contributed by atoms with E-state index in [9.17, 15) is 8.78 Å². The van der Waals surface area contributed by atoms with Crippen molar-refractivity contribution >= 4 is 5.82 Å². The van der Waals surface area contributed by atoms with E-state index in [1.54, 1.807) is 0 Å². The Hall–Kier alpha value is -1.23. The monoisotopic (exact) mass is 213 g/mol. The molecule has 1 aromatic rings. The van der Waals surface area contributed by atoms with Gasteiger partial charge in [-0.15, -0.1) is 0 Å². The topological polar surface area (TPSA) is 28.2 Å². The lowest BCUT2D eigenvalue weighted by Crippen LogP contribution is -2.29. The summed E-state index contributed by atoms with van der Waals surface area (Å²) in [5.41, 5.74) is 0. The predicted molar refractivity (Wildman–Crippen MR) is 53.9 cm³/mol. The van der Waals surface area contributed by atoms with Crippen LogP contribution in [0.15, 0.2) is 12.3 Å². The minimum Gasteiger partial charge on any atom is -0.353 e. The quantitative estimate of drug-likeness (QED) is 0.758. The number of pyridine rings is 1. The largest absolute Gasteiger partial charge is 0.353 e. The van der Waals surface area contributed by atoms with E-state index >= 15 is 0 Å². The Bertz CT molecular complexity index is 335. The Morgan fingerprint density at radius 3 is 2.93 bits per heavy atom. The molecule has 1 aromatic heterocycles. The van der Waals surface area contributed by atoms with Crippen LogP contribution in [0.25, 0.3) is 0 Å². The maximum atomic E-state index is 13.4. The highest BCUT2D eigenvalue weighted by atomic mass is 19.1. The van der Waals surface area contributed by atoms with Crippen LogP contribution in [0.5, 0.6) is 0 Å². The van der Waals surface area contributed by atoms with Gasteiger partial charge < -0.3 is 10.2 Å². The summed E-state index contributed by atoms with van der Waals surface area (Å²) >= 11 is 0. The molecule has 1 fully saturated rings. The van der Waals surface area contributed by atoms with Crippen LogP contribution in [0.2, 0.25) is 0 Å². The van der Waals surface area contributed by atoms with E-state index in [0.717, 1.165) is 38.3 Å². The van der Waals surface area contributed by atoms with Gasteiger partial charge in [-0.2, -0.15) is 0 Å². The third-order valence-electron chi connectivity index (χ3n) is 2.43. The highest BCUT2D eigenvalue weighted by molar-refractivity contribution is 5.39. The van der Waals surface area contributed by atoms with Gasteiger partial charge in [0.2, 0.25) is 0 Å². The Morgan fingerprint density at radius 1 is 1.27 bits per heavy atom. The molecule has 0 aliphatic carbocycles. The molecule has 0 bridgehead atoms. The van der Waals surface area contributed by atoms with Gasteiger partial charge in [0.05, 0.1) is 6.20 Å². The van der Waals surface area contributed by atoms with E-state index < -0.39 is 11.6 Å². The van der Waals surface area contributed by atoms with E-state index in [1.165, 1.54) is 0 Å². The molecule has 82 valence electrons. The zero-order chi connectivity index (χ0) is 10.7. The summed E-state index contributed by atoms with van der Waals surface area (Å²) in [6, 6.07) is 0.876. The van der Waals surface area contributed by atoms with Gasteiger partial charge in [0.15, 0.2) is 11.6 Å². The Morgan fingerprint density at radius 2 is 2.13 bits per heavy atom. The zero-order valence-corrected chi connectivity index (χ0v) is 8.34. The summed E-state index contributed by atoms with van der Waals surface area (Å²) in [5, 5.41) is 3.21. The lowest BCUT2D eigenvalue weighted by Gasteiger charge is -2.21. The summed E-state index contributed by atoms with van der Waals surface area (Å²) in [5.74, 6) is -0.971. The van der Waals surface area contributed by atoms with Gasteiger partial charge in [0, 0.05) is 25.7 Å². The van der Waals surface area contributed by atoms with Crippen molar-refractivity contribution in [2.24, 2.45) is 0 Å². The summed E-state index contributed by atoms with van der Waals surface area (Å²) < 4.78 is 26.1. The van der Waals surface area contributed by atoms with Crippen LogP contribution in [0.4, 0.5) is 14.6 Å². The second-order valence-corrected chi connectivity index (χ2v) is 3.55. The molecule has 1 N–H and O–H groups in total. The third kappa shape index (κ3) is 2.41. The van der Waals surface area contributed by atoms with Gasteiger partial charge in [-0.1, -0.05) is 0 Å².